The van der Waals surface area contributed by atoms with Crippen LogP contribution in [0, 0.1) is 0 Å². The van der Waals surface area contributed by atoms with Crippen LogP contribution in [0.5, 0.6) is 0 Å². The molecule has 0 nitrogen and oxygen atoms in total. The van der Waals surface area contributed by atoms with Crippen LogP contribution < -0.4 is 0 Å². The molecule has 90 valence electrons. The molecule has 15 heavy (non-hydrogen) atoms. The minimum atomic E-state index is 0.883. The molecular formula is C15H30. The lowest BCUT2D eigenvalue weighted by molar-refractivity contribution is 1.50. The topological polar surface area (TPSA) is 0 Å². The summed E-state index contributed by atoms with van der Waals surface area (Å²) < 4.78 is 0. The molecule has 0 bridgehead atoms. The van der Waals surface area contributed by atoms with Gasteiger partial charge in [0.05, 0.1) is 0 Å². The van der Waals surface area contributed by atoms with E-state index in [9.17, 15) is 0 Å². The molecule has 0 rings (SSSR count). The predicted octanol–water partition coefficient (Wildman–Crippen LogP) is 5.94. The van der Waals surface area contributed by atoms with Gasteiger partial charge in [-0.2, -0.15) is 0 Å². The zero-order valence-electron chi connectivity index (χ0n) is 11.9. The first kappa shape index (κ1) is 23.6. The molecule has 0 aliphatic carbocycles. The molecule has 0 saturated carbocycles. The smallest absolute Gasteiger partial charge is 0.0266 e. The largest absolute Gasteiger partial charge is 0.0985 e. The first-order valence-electron chi connectivity index (χ1n) is 5.85. The minimum Gasteiger partial charge on any atom is -0.0985 e. The van der Waals surface area contributed by atoms with E-state index in [1.807, 2.05) is 60.6 Å². The van der Waals surface area contributed by atoms with Crippen LogP contribution >= 0.6 is 0 Å². The van der Waals surface area contributed by atoms with Gasteiger partial charge in [-0.15, -0.1) is 0 Å². The van der Waals surface area contributed by atoms with E-state index in [0.29, 0.717) is 0 Å². The molecule has 0 spiro atoms. The third-order valence-electron chi connectivity index (χ3n) is 1.03. The van der Waals surface area contributed by atoms with E-state index in [2.05, 4.69) is 19.7 Å². The number of hydrogen-bond donors (Lipinski definition) is 0. The molecule has 0 aromatic heterocycles. The van der Waals surface area contributed by atoms with Crippen LogP contribution in [-0.2, 0) is 0 Å². The summed E-state index contributed by atoms with van der Waals surface area (Å²) in [5, 5.41) is 0. The molecule has 0 unspecified atom stereocenters. The van der Waals surface area contributed by atoms with E-state index in [1.165, 1.54) is 0 Å². The second-order valence-corrected chi connectivity index (χ2v) is 1.75. The third kappa shape index (κ3) is 24.6. The summed E-state index contributed by atoms with van der Waals surface area (Å²) in [6, 6.07) is 0. The van der Waals surface area contributed by atoms with E-state index < -0.39 is 0 Å². The van der Waals surface area contributed by atoms with Gasteiger partial charge in [0.15, 0.2) is 0 Å². The van der Waals surface area contributed by atoms with E-state index in [4.69, 9.17) is 0 Å². The van der Waals surface area contributed by atoms with Gasteiger partial charge in [0.25, 0.3) is 0 Å². The fourth-order valence-corrected chi connectivity index (χ4v) is 0.439. The molecule has 0 N–H and O–H groups in total. The van der Waals surface area contributed by atoms with Crippen LogP contribution in [0.15, 0.2) is 49.1 Å². The molecular weight excluding hydrogens is 180 g/mol. The van der Waals surface area contributed by atoms with Gasteiger partial charge in [0, 0.05) is 0 Å². The Morgan fingerprint density at radius 1 is 0.800 bits per heavy atom. The van der Waals surface area contributed by atoms with E-state index in [1.54, 1.807) is 6.08 Å². The van der Waals surface area contributed by atoms with Crippen molar-refractivity contribution in [3.63, 3.8) is 0 Å². The Labute approximate surface area is 98.1 Å². The van der Waals surface area contributed by atoms with Gasteiger partial charge >= 0.3 is 0 Å². The molecule has 0 aliphatic heterocycles. The Bertz CT molecular complexity index is 159. The lowest BCUT2D eigenvalue weighted by Crippen LogP contribution is -1.74. The van der Waals surface area contributed by atoms with Crippen molar-refractivity contribution in [2.45, 2.75) is 48.5 Å². The highest BCUT2D eigenvalue weighted by Gasteiger charge is 1.86. The van der Waals surface area contributed by atoms with Crippen LogP contribution in [0.3, 0.4) is 0 Å². The highest BCUT2D eigenvalue weighted by molar-refractivity contribution is 5.41. The van der Waals surface area contributed by atoms with Crippen molar-refractivity contribution >= 4 is 0 Å². The molecule has 0 aromatic carbocycles. The zero-order chi connectivity index (χ0) is 13.3. The third-order valence-corrected chi connectivity index (χ3v) is 1.03. The van der Waals surface area contributed by atoms with Gasteiger partial charge in [0.1, 0.15) is 0 Å². The molecule has 0 fully saturated rings. The lowest BCUT2D eigenvalue weighted by atomic mass is 10.1. The molecule has 0 aromatic rings. The SMILES string of the molecule is C=CC(=C)C(=C)/C=C\C.CC.CC.CC. The molecule has 0 radical (unpaired) electrons. The Morgan fingerprint density at radius 2 is 1.13 bits per heavy atom. The summed E-state index contributed by atoms with van der Waals surface area (Å²) in [5.41, 5.74) is 1.81. The van der Waals surface area contributed by atoms with Gasteiger partial charge in [-0.1, -0.05) is 79.5 Å². The molecule has 0 heteroatoms. The Kier molecular flexibility index (Phi) is 46.1. The fourth-order valence-electron chi connectivity index (χ4n) is 0.439. The average molecular weight is 210 g/mol. The van der Waals surface area contributed by atoms with Crippen molar-refractivity contribution in [2.24, 2.45) is 0 Å². The highest BCUT2D eigenvalue weighted by atomic mass is 13.9. The first-order valence-corrected chi connectivity index (χ1v) is 5.85. The Morgan fingerprint density at radius 3 is 1.33 bits per heavy atom. The first-order chi connectivity index (χ1) is 7.22. The van der Waals surface area contributed by atoms with Crippen molar-refractivity contribution in [3.05, 3.63) is 49.1 Å². The number of allylic oxidation sites excluding steroid dienone is 5. The van der Waals surface area contributed by atoms with Gasteiger partial charge < -0.3 is 0 Å². The maximum atomic E-state index is 3.76. The van der Waals surface area contributed by atoms with E-state index in [0.717, 1.165) is 11.1 Å². The van der Waals surface area contributed by atoms with Gasteiger partial charge in [0.2, 0.25) is 0 Å². The summed E-state index contributed by atoms with van der Waals surface area (Å²) in [6.07, 6.45) is 5.53. The van der Waals surface area contributed by atoms with Gasteiger partial charge in [-0.25, -0.2) is 0 Å². The van der Waals surface area contributed by atoms with Crippen molar-refractivity contribution in [1.29, 1.82) is 0 Å². The monoisotopic (exact) mass is 210 g/mol. The average Bonchev–Trinajstić information content (AvgIpc) is 2.36. The molecule has 0 aliphatic rings. The number of rotatable bonds is 3. The summed E-state index contributed by atoms with van der Waals surface area (Å²) in [4.78, 5) is 0. The van der Waals surface area contributed by atoms with Crippen LogP contribution in [-0.4, -0.2) is 0 Å². The van der Waals surface area contributed by atoms with E-state index in [-0.39, 0.29) is 0 Å². The number of hydrogen-bond acceptors (Lipinski definition) is 0. The maximum absolute atomic E-state index is 3.76. The van der Waals surface area contributed by atoms with E-state index >= 15 is 0 Å². The second-order valence-electron chi connectivity index (χ2n) is 1.75. The maximum Gasteiger partial charge on any atom is -0.0266 e. The zero-order valence-corrected chi connectivity index (χ0v) is 11.9. The summed E-state index contributed by atoms with van der Waals surface area (Å²) in [7, 11) is 0. The normalized spacial score (nSPS) is 6.87. The van der Waals surface area contributed by atoms with Crippen LogP contribution in [0.4, 0.5) is 0 Å². The van der Waals surface area contributed by atoms with Crippen molar-refractivity contribution < 1.29 is 0 Å². The van der Waals surface area contributed by atoms with Gasteiger partial charge in [-0.05, 0) is 18.1 Å². The van der Waals surface area contributed by atoms with Crippen LogP contribution in [0.1, 0.15) is 48.5 Å². The Hall–Kier alpha value is -1.04. The summed E-state index contributed by atoms with van der Waals surface area (Å²) in [5.74, 6) is 0. The lowest BCUT2D eigenvalue weighted by Gasteiger charge is -1.94. The predicted molar refractivity (Wildman–Crippen MR) is 77.3 cm³/mol. The fraction of sp³-hybridized carbons (Fsp3) is 0.467. The molecule has 0 heterocycles. The molecule has 0 saturated heterocycles. The van der Waals surface area contributed by atoms with Crippen LogP contribution in [0.25, 0.3) is 0 Å². The summed E-state index contributed by atoms with van der Waals surface area (Å²) in [6.45, 7) is 25.0. The summed E-state index contributed by atoms with van der Waals surface area (Å²) >= 11 is 0. The van der Waals surface area contributed by atoms with Crippen molar-refractivity contribution in [1.82, 2.24) is 0 Å². The van der Waals surface area contributed by atoms with Crippen molar-refractivity contribution in [3.8, 4) is 0 Å². The van der Waals surface area contributed by atoms with Crippen molar-refractivity contribution in [2.75, 3.05) is 0 Å². The Balaban J connectivity index is -0.0000000860. The standard InChI is InChI=1S/C9H12.3C2H6/c1-5-7-9(4)8(3)6-2;3*1-2/h5-7H,2-4H2,1H3;3*1-2H3/b7-5-;;;. The molecule has 0 atom stereocenters. The van der Waals surface area contributed by atoms with Crippen LogP contribution in [0.2, 0.25) is 0 Å². The second kappa shape index (κ2) is 29.3. The molecule has 0 amide bonds. The van der Waals surface area contributed by atoms with Gasteiger partial charge in [-0.3, -0.25) is 0 Å². The highest BCUT2D eigenvalue weighted by Crippen LogP contribution is 2.06. The quantitative estimate of drug-likeness (QED) is 0.506. The minimum absolute atomic E-state index is 0.883.